The number of nitrogens with one attached hydrogen (secondary N) is 1. The SMILES string of the molecule is Cc1cc(C)cc(CN2CC3CNC(=O)c4ccccc4C3C2)c1. The summed E-state index contributed by atoms with van der Waals surface area (Å²) in [5, 5.41) is 3.11. The predicted molar refractivity (Wildman–Crippen MR) is 96.2 cm³/mol. The number of benzene rings is 2. The fraction of sp³-hybridized carbons (Fsp3) is 0.381. The molecule has 2 heterocycles. The van der Waals surface area contributed by atoms with Crippen LogP contribution in [0.4, 0.5) is 0 Å². The van der Waals surface area contributed by atoms with E-state index in [0.29, 0.717) is 11.8 Å². The Morgan fingerprint density at radius 1 is 1.08 bits per heavy atom. The summed E-state index contributed by atoms with van der Waals surface area (Å²) in [5.41, 5.74) is 6.13. The van der Waals surface area contributed by atoms with Crippen molar-refractivity contribution in [3.8, 4) is 0 Å². The van der Waals surface area contributed by atoms with Gasteiger partial charge in [0.05, 0.1) is 0 Å². The zero-order valence-electron chi connectivity index (χ0n) is 14.4. The quantitative estimate of drug-likeness (QED) is 0.921. The van der Waals surface area contributed by atoms with Gasteiger partial charge in [-0.25, -0.2) is 0 Å². The number of likely N-dealkylation sites (tertiary alicyclic amines) is 1. The van der Waals surface area contributed by atoms with E-state index in [1.54, 1.807) is 0 Å². The zero-order valence-corrected chi connectivity index (χ0v) is 14.4. The molecule has 2 atom stereocenters. The average Bonchev–Trinajstić information content (AvgIpc) is 2.89. The fourth-order valence-corrected chi connectivity index (χ4v) is 4.41. The van der Waals surface area contributed by atoms with E-state index in [1.807, 2.05) is 12.1 Å². The van der Waals surface area contributed by atoms with Gasteiger partial charge in [0.1, 0.15) is 0 Å². The van der Waals surface area contributed by atoms with Crippen molar-refractivity contribution in [2.24, 2.45) is 5.92 Å². The molecule has 2 aromatic carbocycles. The average molecular weight is 320 g/mol. The number of fused-ring (bicyclic) bond motifs is 3. The van der Waals surface area contributed by atoms with Gasteiger partial charge < -0.3 is 5.32 Å². The maximum absolute atomic E-state index is 12.3. The lowest BCUT2D eigenvalue weighted by molar-refractivity contribution is 0.0951. The second-order valence-corrected chi connectivity index (χ2v) is 7.35. The summed E-state index contributed by atoms with van der Waals surface area (Å²) >= 11 is 0. The lowest BCUT2D eigenvalue weighted by Crippen LogP contribution is -2.29. The minimum absolute atomic E-state index is 0.0841. The molecule has 0 aliphatic carbocycles. The van der Waals surface area contributed by atoms with Gasteiger partial charge in [-0.05, 0) is 37.0 Å². The standard InChI is InChI=1S/C21H24N2O/c1-14-7-15(2)9-16(8-14)11-23-12-17-10-22-21(24)19-6-4-3-5-18(19)20(17)13-23/h3-9,17,20H,10-13H2,1-2H3,(H,22,24). The lowest BCUT2D eigenvalue weighted by Gasteiger charge is -2.18. The molecule has 1 fully saturated rings. The molecule has 124 valence electrons. The van der Waals surface area contributed by atoms with Crippen molar-refractivity contribution in [3.05, 3.63) is 70.3 Å². The van der Waals surface area contributed by atoms with E-state index in [9.17, 15) is 4.79 Å². The van der Waals surface area contributed by atoms with Crippen molar-refractivity contribution in [2.45, 2.75) is 26.3 Å². The summed E-state index contributed by atoms with van der Waals surface area (Å²) in [6, 6.07) is 14.9. The lowest BCUT2D eigenvalue weighted by atomic mass is 9.87. The zero-order chi connectivity index (χ0) is 16.7. The van der Waals surface area contributed by atoms with Gasteiger partial charge in [-0.2, -0.15) is 0 Å². The number of carbonyl (C=O) groups is 1. The molecule has 2 aliphatic heterocycles. The van der Waals surface area contributed by atoms with Crippen molar-refractivity contribution in [3.63, 3.8) is 0 Å². The van der Waals surface area contributed by atoms with Crippen LogP contribution in [0.1, 0.15) is 38.5 Å². The third-order valence-electron chi connectivity index (χ3n) is 5.33. The number of hydrogen-bond acceptors (Lipinski definition) is 2. The highest BCUT2D eigenvalue weighted by atomic mass is 16.1. The topological polar surface area (TPSA) is 32.3 Å². The Morgan fingerprint density at radius 3 is 2.62 bits per heavy atom. The molecule has 3 heteroatoms. The molecule has 0 spiro atoms. The molecule has 4 rings (SSSR count). The summed E-state index contributed by atoms with van der Waals surface area (Å²) in [6.45, 7) is 8.18. The van der Waals surface area contributed by atoms with Gasteiger partial charge in [-0.3, -0.25) is 9.69 Å². The number of amides is 1. The minimum Gasteiger partial charge on any atom is -0.352 e. The Balaban J connectivity index is 1.58. The molecule has 3 nitrogen and oxygen atoms in total. The van der Waals surface area contributed by atoms with E-state index in [0.717, 1.165) is 31.7 Å². The van der Waals surface area contributed by atoms with Gasteiger partial charge in [-0.1, -0.05) is 47.5 Å². The number of carbonyl (C=O) groups excluding carboxylic acids is 1. The van der Waals surface area contributed by atoms with Crippen molar-refractivity contribution < 1.29 is 4.79 Å². The Kier molecular flexibility index (Phi) is 3.89. The van der Waals surface area contributed by atoms with Crippen LogP contribution in [0.25, 0.3) is 0 Å². The Labute approximate surface area is 143 Å². The smallest absolute Gasteiger partial charge is 0.251 e. The van der Waals surface area contributed by atoms with Crippen LogP contribution in [0.3, 0.4) is 0 Å². The number of rotatable bonds is 2. The maximum atomic E-state index is 12.3. The molecule has 1 saturated heterocycles. The van der Waals surface area contributed by atoms with Crippen molar-refractivity contribution in [1.82, 2.24) is 10.2 Å². The first-order valence-electron chi connectivity index (χ1n) is 8.77. The normalized spacial score (nSPS) is 23.3. The highest BCUT2D eigenvalue weighted by Crippen LogP contribution is 2.36. The Hall–Kier alpha value is -2.13. The summed E-state index contributed by atoms with van der Waals surface area (Å²) in [6.07, 6.45) is 0. The fourth-order valence-electron chi connectivity index (χ4n) is 4.41. The summed E-state index contributed by atoms with van der Waals surface area (Å²) in [5.74, 6) is 1.04. The molecule has 0 saturated carbocycles. The van der Waals surface area contributed by atoms with Crippen LogP contribution in [-0.4, -0.2) is 30.4 Å². The van der Waals surface area contributed by atoms with Gasteiger partial charge in [0.25, 0.3) is 5.91 Å². The first kappa shape index (κ1) is 15.4. The molecule has 24 heavy (non-hydrogen) atoms. The molecule has 2 aliphatic rings. The molecule has 2 aromatic rings. The van der Waals surface area contributed by atoms with Crippen molar-refractivity contribution in [1.29, 1.82) is 0 Å². The van der Waals surface area contributed by atoms with E-state index in [2.05, 4.69) is 54.4 Å². The molecule has 1 N–H and O–H groups in total. The van der Waals surface area contributed by atoms with E-state index in [-0.39, 0.29) is 5.91 Å². The molecular formula is C21H24N2O. The minimum atomic E-state index is 0.0841. The van der Waals surface area contributed by atoms with Gasteiger partial charge in [0, 0.05) is 37.7 Å². The highest BCUT2D eigenvalue weighted by molar-refractivity contribution is 5.96. The van der Waals surface area contributed by atoms with E-state index < -0.39 is 0 Å². The Morgan fingerprint density at radius 2 is 1.83 bits per heavy atom. The van der Waals surface area contributed by atoms with Crippen molar-refractivity contribution >= 4 is 5.91 Å². The van der Waals surface area contributed by atoms with Crippen LogP contribution < -0.4 is 5.32 Å². The largest absolute Gasteiger partial charge is 0.352 e. The third kappa shape index (κ3) is 2.84. The first-order chi connectivity index (χ1) is 11.6. The summed E-state index contributed by atoms with van der Waals surface area (Å²) in [7, 11) is 0. The van der Waals surface area contributed by atoms with Gasteiger partial charge in [0.2, 0.25) is 0 Å². The summed E-state index contributed by atoms with van der Waals surface area (Å²) in [4.78, 5) is 14.8. The van der Waals surface area contributed by atoms with Gasteiger partial charge in [-0.15, -0.1) is 0 Å². The molecule has 0 bridgehead atoms. The maximum Gasteiger partial charge on any atom is 0.251 e. The van der Waals surface area contributed by atoms with Gasteiger partial charge >= 0.3 is 0 Å². The number of aryl methyl sites for hydroxylation is 2. The van der Waals surface area contributed by atoms with E-state index in [1.165, 1.54) is 22.3 Å². The second-order valence-electron chi connectivity index (χ2n) is 7.35. The first-order valence-corrected chi connectivity index (χ1v) is 8.77. The van der Waals surface area contributed by atoms with E-state index in [4.69, 9.17) is 0 Å². The molecule has 2 unspecified atom stereocenters. The molecular weight excluding hydrogens is 296 g/mol. The van der Waals surface area contributed by atoms with Crippen molar-refractivity contribution in [2.75, 3.05) is 19.6 Å². The third-order valence-corrected chi connectivity index (χ3v) is 5.33. The number of nitrogens with zero attached hydrogens (tertiary/aromatic N) is 1. The van der Waals surface area contributed by atoms with Crippen LogP contribution in [-0.2, 0) is 6.54 Å². The number of hydrogen-bond donors (Lipinski definition) is 1. The van der Waals surface area contributed by atoms with Gasteiger partial charge in [0.15, 0.2) is 0 Å². The summed E-state index contributed by atoms with van der Waals surface area (Å²) < 4.78 is 0. The van der Waals surface area contributed by atoms with Crippen LogP contribution >= 0.6 is 0 Å². The van der Waals surface area contributed by atoms with Crippen LogP contribution in [0.15, 0.2) is 42.5 Å². The van der Waals surface area contributed by atoms with Crippen LogP contribution in [0, 0.1) is 19.8 Å². The van der Waals surface area contributed by atoms with E-state index >= 15 is 0 Å². The highest BCUT2D eigenvalue weighted by Gasteiger charge is 2.37. The van der Waals surface area contributed by atoms with Crippen LogP contribution in [0.5, 0.6) is 0 Å². The molecule has 1 amide bonds. The predicted octanol–water partition coefficient (Wildman–Crippen LogP) is 3.26. The Bertz CT molecular complexity index is 763. The second kappa shape index (κ2) is 6.06. The monoisotopic (exact) mass is 320 g/mol. The van der Waals surface area contributed by atoms with Crippen LogP contribution in [0.2, 0.25) is 0 Å². The molecule has 0 aromatic heterocycles. The molecule has 0 radical (unpaired) electrons.